The number of piperidine rings is 1. The van der Waals surface area contributed by atoms with Crippen molar-refractivity contribution in [2.24, 2.45) is 0 Å². The lowest BCUT2D eigenvalue weighted by Gasteiger charge is -2.37. The SMILES string of the molecule is COc1cc(C(=O)N2CCC3(CC2)NC(=O)NC3=O)cc(OC)c1OC. The maximum Gasteiger partial charge on any atom is 0.322 e. The molecule has 0 atom stereocenters. The molecule has 0 saturated carbocycles. The first-order chi connectivity index (χ1) is 12.4. The van der Waals surface area contributed by atoms with Gasteiger partial charge >= 0.3 is 6.03 Å². The van der Waals surface area contributed by atoms with Gasteiger partial charge < -0.3 is 24.4 Å². The molecule has 26 heavy (non-hydrogen) atoms. The molecule has 0 aromatic heterocycles. The molecule has 1 aromatic carbocycles. The van der Waals surface area contributed by atoms with Gasteiger partial charge in [-0.25, -0.2) is 4.79 Å². The number of hydrogen-bond donors (Lipinski definition) is 2. The van der Waals surface area contributed by atoms with Gasteiger partial charge in [0.05, 0.1) is 21.3 Å². The molecule has 0 unspecified atom stereocenters. The van der Waals surface area contributed by atoms with Crippen LogP contribution in [0.15, 0.2) is 12.1 Å². The van der Waals surface area contributed by atoms with E-state index in [9.17, 15) is 14.4 Å². The minimum Gasteiger partial charge on any atom is -0.493 e. The van der Waals surface area contributed by atoms with Gasteiger partial charge in [0.25, 0.3) is 11.8 Å². The molecule has 0 aliphatic carbocycles. The van der Waals surface area contributed by atoms with Crippen LogP contribution in [0, 0.1) is 0 Å². The Hall–Kier alpha value is -2.97. The van der Waals surface area contributed by atoms with Crippen molar-refractivity contribution in [3.8, 4) is 17.2 Å². The Bertz CT molecular complexity index is 730. The van der Waals surface area contributed by atoms with Crippen molar-refractivity contribution in [3.63, 3.8) is 0 Å². The van der Waals surface area contributed by atoms with E-state index < -0.39 is 11.6 Å². The second-order valence-electron chi connectivity index (χ2n) is 6.20. The Balaban J connectivity index is 1.79. The van der Waals surface area contributed by atoms with Gasteiger partial charge in [0.1, 0.15) is 5.54 Å². The number of nitrogens with one attached hydrogen (secondary N) is 2. The van der Waals surface area contributed by atoms with Crippen LogP contribution < -0.4 is 24.8 Å². The molecule has 2 heterocycles. The molecule has 1 spiro atoms. The van der Waals surface area contributed by atoms with E-state index >= 15 is 0 Å². The number of ether oxygens (including phenoxy) is 3. The Morgan fingerprint density at radius 2 is 1.62 bits per heavy atom. The average molecular weight is 363 g/mol. The number of likely N-dealkylation sites (tertiary alicyclic amines) is 1. The lowest BCUT2D eigenvalue weighted by Crippen LogP contribution is -2.55. The molecule has 2 fully saturated rings. The predicted octanol–water partition coefficient (Wildman–Crippen LogP) is 0.527. The molecule has 4 amide bonds. The zero-order valence-corrected chi connectivity index (χ0v) is 14.9. The van der Waals surface area contributed by atoms with Crippen LogP contribution in [0.4, 0.5) is 4.79 Å². The van der Waals surface area contributed by atoms with Crippen molar-refractivity contribution in [2.45, 2.75) is 18.4 Å². The van der Waals surface area contributed by atoms with E-state index in [1.807, 2.05) is 0 Å². The summed E-state index contributed by atoms with van der Waals surface area (Å²) in [5, 5.41) is 4.93. The van der Waals surface area contributed by atoms with Gasteiger partial charge in [0, 0.05) is 18.7 Å². The number of hydrogen-bond acceptors (Lipinski definition) is 6. The van der Waals surface area contributed by atoms with Crippen LogP contribution in [0.3, 0.4) is 0 Å². The Labute approximate surface area is 150 Å². The van der Waals surface area contributed by atoms with E-state index in [0.717, 1.165) is 0 Å². The van der Waals surface area contributed by atoms with Gasteiger partial charge in [-0.2, -0.15) is 0 Å². The fourth-order valence-electron chi connectivity index (χ4n) is 3.36. The van der Waals surface area contributed by atoms with Crippen molar-refractivity contribution in [1.82, 2.24) is 15.5 Å². The number of imide groups is 1. The van der Waals surface area contributed by atoms with Crippen LogP contribution in [0.5, 0.6) is 17.2 Å². The number of carbonyl (C=O) groups is 3. The second kappa shape index (κ2) is 6.74. The summed E-state index contributed by atoms with van der Waals surface area (Å²) < 4.78 is 15.8. The third-order valence-electron chi connectivity index (χ3n) is 4.83. The Morgan fingerprint density at radius 1 is 1.04 bits per heavy atom. The van der Waals surface area contributed by atoms with Crippen molar-refractivity contribution in [3.05, 3.63) is 17.7 Å². The van der Waals surface area contributed by atoms with Crippen LogP contribution in [0.1, 0.15) is 23.2 Å². The summed E-state index contributed by atoms with van der Waals surface area (Å²) in [5.74, 6) is 0.665. The number of rotatable bonds is 4. The lowest BCUT2D eigenvalue weighted by molar-refractivity contribution is -0.125. The quantitative estimate of drug-likeness (QED) is 0.756. The van der Waals surface area contributed by atoms with Gasteiger partial charge in [-0.3, -0.25) is 14.9 Å². The zero-order chi connectivity index (χ0) is 18.9. The van der Waals surface area contributed by atoms with Crippen molar-refractivity contribution < 1.29 is 28.6 Å². The number of carbonyl (C=O) groups excluding carboxylic acids is 3. The molecule has 2 N–H and O–H groups in total. The number of methoxy groups -OCH3 is 3. The van der Waals surface area contributed by atoms with E-state index in [2.05, 4.69) is 10.6 Å². The van der Waals surface area contributed by atoms with E-state index in [-0.39, 0.29) is 11.8 Å². The summed E-state index contributed by atoms with van der Waals surface area (Å²) in [6, 6.07) is 2.70. The lowest BCUT2D eigenvalue weighted by atomic mass is 9.87. The molecule has 0 bridgehead atoms. The fourth-order valence-corrected chi connectivity index (χ4v) is 3.36. The minimum atomic E-state index is -0.914. The smallest absolute Gasteiger partial charge is 0.322 e. The number of amides is 4. The van der Waals surface area contributed by atoms with Crippen molar-refractivity contribution in [2.75, 3.05) is 34.4 Å². The monoisotopic (exact) mass is 363 g/mol. The largest absolute Gasteiger partial charge is 0.493 e. The molecule has 1 aromatic rings. The van der Waals surface area contributed by atoms with Crippen LogP contribution in [-0.4, -0.2) is 62.7 Å². The molecular formula is C17H21N3O6. The average Bonchev–Trinajstić information content (AvgIpc) is 2.93. The summed E-state index contributed by atoms with van der Waals surface area (Å²) >= 11 is 0. The summed E-state index contributed by atoms with van der Waals surface area (Å²) in [4.78, 5) is 37.9. The molecule has 9 heteroatoms. The third kappa shape index (κ3) is 2.89. The maximum atomic E-state index is 12.9. The minimum absolute atomic E-state index is 0.205. The number of urea groups is 1. The summed E-state index contributed by atoms with van der Waals surface area (Å²) in [7, 11) is 4.46. The fraction of sp³-hybridized carbons (Fsp3) is 0.471. The van der Waals surface area contributed by atoms with Gasteiger partial charge in [0.2, 0.25) is 5.75 Å². The van der Waals surface area contributed by atoms with Crippen molar-refractivity contribution >= 4 is 17.8 Å². The van der Waals surface area contributed by atoms with E-state index in [1.165, 1.54) is 21.3 Å². The van der Waals surface area contributed by atoms with Gasteiger partial charge in [0.15, 0.2) is 11.5 Å². The first-order valence-corrected chi connectivity index (χ1v) is 8.17. The molecule has 0 radical (unpaired) electrons. The van der Waals surface area contributed by atoms with Crippen LogP contribution in [0.2, 0.25) is 0 Å². The summed E-state index contributed by atoms with van der Waals surface area (Å²) in [6.07, 6.45) is 0.724. The topological polar surface area (TPSA) is 106 Å². The number of benzene rings is 1. The highest BCUT2D eigenvalue weighted by Gasteiger charge is 2.48. The van der Waals surface area contributed by atoms with Gasteiger partial charge in [-0.1, -0.05) is 0 Å². The first kappa shape index (κ1) is 17.8. The highest BCUT2D eigenvalue weighted by Crippen LogP contribution is 2.38. The summed E-state index contributed by atoms with van der Waals surface area (Å²) in [6.45, 7) is 0.701. The zero-order valence-electron chi connectivity index (χ0n) is 14.9. The molecule has 9 nitrogen and oxygen atoms in total. The molecule has 2 aliphatic rings. The van der Waals surface area contributed by atoms with Crippen molar-refractivity contribution in [1.29, 1.82) is 0 Å². The third-order valence-corrected chi connectivity index (χ3v) is 4.83. The Kier molecular flexibility index (Phi) is 4.62. The second-order valence-corrected chi connectivity index (χ2v) is 6.20. The predicted molar refractivity (Wildman–Crippen MR) is 90.6 cm³/mol. The van der Waals surface area contributed by atoms with Crippen LogP contribution in [0.25, 0.3) is 0 Å². The van der Waals surface area contributed by atoms with Gasteiger partial charge in [-0.15, -0.1) is 0 Å². The highest BCUT2D eigenvalue weighted by atomic mass is 16.5. The Morgan fingerprint density at radius 3 is 2.04 bits per heavy atom. The van der Waals surface area contributed by atoms with E-state index in [1.54, 1.807) is 17.0 Å². The molecule has 3 rings (SSSR count). The first-order valence-electron chi connectivity index (χ1n) is 8.17. The van der Waals surface area contributed by atoms with E-state index in [0.29, 0.717) is 48.7 Å². The highest BCUT2D eigenvalue weighted by molar-refractivity contribution is 6.07. The number of nitrogens with zero attached hydrogens (tertiary/aromatic N) is 1. The molecule has 2 aliphatic heterocycles. The molecular weight excluding hydrogens is 342 g/mol. The maximum absolute atomic E-state index is 12.9. The summed E-state index contributed by atoms with van der Waals surface area (Å²) in [5.41, 5.74) is -0.515. The van der Waals surface area contributed by atoms with Gasteiger partial charge in [-0.05, 0) is 25.0 Å². The normalized spacial score (nSPS) is 18.3. The van der Waals surface area contributed by atoms with E-state index in [4.69, 9.17) is 14.2 Å². The standard InChI is InChI=1S/C17H21N3O6/c1-24-11-8-10(9-12(25-2)13(11)26-3)14(21)20-6-4-17(5-7-20)15(22)18-16(23)19-17/h8-9H,4-7H2,1-3H3,(H2,18,19,22,23). The van der Waals surface area contributed by atoms with Crippen LogP contribution >= 0.6 is 0 Å². The van der Waals surface area contributed by atoms with Crippen LogP contribution in [-0.2, 0) is 4.79 Å². The molecule has 2 saturated heterocycles. The molecule has 140 valence electrons.